The molecular weight excluding hydrogens is 144 g/mol. The summed E-state index contributed by atoms with van der Waals surface area (Å²) in [6.45, 7) is 6.67. The second-order valence-corrected chi connectivity index (χ2v) is 3.61. The fourth-order valence-electron chi connectivity index (χ4n) is 2.01. The molecule has 0 radical (unpaired) electrons. The third-order valence-corrected chi connectivity index (χ3v) is 2.92. The van der Waals surface area contributed by atoms with Gasteiger partial charge in [0.05, 0.1) is 0 Å². The summed E-state index contributed by atoms with van der Waals surface area (Å²) < 4.78 is 0. The van der Waals surface area contributed by atoms with E-state index in [-0.39, 0.29) is 0 Å². The summed E-state index contributed by atoms with van der Waals surface area (Å²) in [5, 5.41) is 0. The lowest BCUT2D eigenvalue weighted by atomic mass is 9.86. The summed E-state index contributed by atoms with van der Waals surface area (Å²) in [7, 11) is 0. The highest BCUT2D eigenvalue weighted by molar-refractivity contribution is 5.34. The first-order valence-electron chi connectivity index (χ1n) is 5.13. The highest BCUT2D eigenvalue weighted by Gasteiger charge is 2.11. The Morgan fingerprint density at radius 2 is 2.00 bits per heavy atom. The van der Waals surface area contributed by atoms with Crippen molar-refractivity contribution in [2.45, 2.75) is 52.9 Å². The van der Waals surface area contributed by atoms with Crippen LogP contribution in [-0.2, 0) is 0 Å². The van der Waals surface area contributed by atoms with E-state index >= 15 is 0 Å². The molecule has 1 aliphatic rings. The van der Waals surface area contributed by atoms with Gasteiger partial charge in [0.2, 0.25) is 0 Å². The second kappa shape index (κ2) is 4.49. The maximum absolute atomic E-state index is 2.28. The minimum Gasteiger partial charge on any atom is -0.0844 e. The minimum absolute atomic E-state index is 1.25. The maximum Gasteiger partial charge on any atom is -0.0277 e. The molecule has 0 nitrogen and oxygen atoms in total. The molecular formula is C12H20. The van der Waals surface area contributed by atoms with E-state index in [1.165, 1.54) is 37.7 Å². The van der Waals surface area contributed by atoms with Gasteiger partial charge in [-0.2, -0.15) is 0 Å². The fraction of sp³-hybridized carbons (Fsp3) is 0.667. The predicted octanol–water partition coefficient (Wildman–Crippen LogP) is 4.23. The second-order valence-electron chi connectivity index (χ2n) is 3.61. The van der Waals surface area contributed by atoms with E-state index in [1.54, 1.807) is 11.1 Å². The summed E-state index contributed by atoms with van der Waals surface area (Å²) in [4.78, 5) is 0. The number of hydrogen-bond donors (Lipinski definition) is 0. The van der Waals surface area contributed by atoms with Crippen LogP contribution in [0, 0.1) is 0 Å². The molecule has 0 heterocycles. The monoisotopic (exact) mass is 164 g/mol. The van der Waals surface area contributed by atoms with Crippen molar-refractivity contribution in [3.8, 4) is 0 Å². The van der Waals surface area contributed by atoms with Crippen LogP contribution in [0.2, 0.25) is 0 Å². The van der Waals surface area contributed by atoms with Crippen molar-refractivity contribution in [2.24, 2.45) is 0 Å². The van der Waals surface area contributed by atoms with E-state index < -0.39 is 0 Å². The Kier molecular flexibility index (Phi) is 3.58. The molecule has 0 unspecified atom stereocenters. The average Bonchev–Trinajstić information content (AvgIpc) is 2.16. The minimum atomic E-state index is 1.25. The van der Waals surface area contributed by atoms with Crippen LogP contribution in [0.4, 0.5) is 0 Å². The van der Waals surface area contributed by atoms with Crippen LogP contribution in [0.1, 0.15) is 52.9 Å². The van der Waals surface area contributed by atoms with E-state index in [0.29, 0.717) is 0 Å². The van der Waals surface area contributed by atoms with Gasteiger partial charge in [-0.05, 0) is 51.5 Å². The molecule has 1 aliphatic carbocycles. The summed E-state index contributed by atoms with van der Waals surface area (Å²) in [6, 6.07) is 0. The molecule has 0 atom stereocenters. The van der Waals surface area contributed by atoms with Crippen LogP contribution in [-0.4, -0.2) is 0 Å². The first kappa shape index (κ1) is 9.57. The third kappa shape index (κ3) is 2.00. The molecule has 0 amide bonds. The van der Waals surface area contributed by atoms with E-state index in [1.807, 2.05) is 0 Å². The largest absolute Gasteiger partial charge is 0.0844 e. The Labute approximate surface area is 76.4 Å². The Hall–Kier alpha value is -0.520. The Bertz CT molecular complexity index is 206. The lowest BCUT2D eigenvalue weighted by molar-refractivity contribution is 0.660. The lowest BCUT2D eigenvalue weighted by Crippen LogP contribution is -2.00. The molecule has 0 heteroatoms. The maximum atomic E-state index is 2.28. The fourth-order valence-corrected chi connectivity index (χ4v) is 2.01. The van der Waals surface area contributed by atoms with Gasteiger partial charge in [-0.15, -0.1) is 0 Å². The molecule has 0 aromatic carbocycles. The van der Waals surface area contributed by atoms with E-state index in [2.05, 4.69) is 26.8 Å². The molecule has 0 aliphatic heterocycles. The van der Waals surface area contributed by atoms with Crippen molar-refractivity contribution in [3.05, 3.63) is 22.8 Å². The molecule has 12 heavy (non-hydrogen) atoms. The van der Waals surface area contributed by atoms with Crippen LogP contribution >= 0.6 is 0 Å². The summed E-state index contributed by atoms with van der Waals surface area (Å²) in [5.74, 6) is 0. The smallest absolute Gasteiger partial charge is 0.0277 e. The number of hydrogen-bond acceptors (Lipinski definition) is 0. The molecule has 68 valence electrons. The predicted molar refractivity (Wildman–Crippen MR) is 55.2 cm³/mol. The van der Waals surface area contributed by atoms with Crippen molar-refractivity contribution in [1.82, 2.24) is 0 Å². The first-order chi connectivity index (χ1) is 5.79. The van der Waals surface area contributed by atoms with Crippen molar-refractivity contribution < 1.29 is 0 Å². The van der Waals surface area contributed by atoms with E-state index in [4.69, 9.17) is 0 Å². The van der Waals surface area contributed by atoms with Crippen LogP contribution < -0.4 is 0 Å². The molecule has 0 aromatic rings. The molecule has 0 spiro atoms. The summed E-state index contributed by atoms with van der Waals surface area (Å²) >= 11 is 0. The van der Waals surface area contributed by atoms with Gasteiger partial charge in [0, 0.05) is 0 Å². The van der Waals surface area contributed by atoms with Gasteiger partial charge in [-0.1, -0.05) is 24.1 Å². The number of rotatable bonds is 2. The zero-order chi connectivity index (χ0) is 8.97. The Morgan fingerprint density at radius 3 is 2.58 bits per heavy atom. The van der Waals surface area contributed by atoms with Crippen molar-refractivity contribution in [3.63, 3.8) is 0 Å². The van der Waals surface area contributed by atoms with Crippen LogP contribution in [0.5, 0.6) is 0 Å². The molecule has 0 fully saturated rings. The average molecular weight is 164 g/mol. The molecule has 0 bridgehead atoms. The highest BCUT2D eigenvalue weighted by Crippen LogP contribution is 2.31. The molecule has 0 N–H and O–H groups in total. The van der Waals surface area contributed by atoms with Crippen molar-refractivity contribution >= 4 is 0 Å². The molecule has 0 saturated heterocycles. The zero-order valence-corrected chi connectivity index (χ0v) is 8.61. The quantitative estimate of drug-likeness (QED) is 0.573. The first-order valence-corrected chi connectivity index (χ1v) is 5.13. The Balaban J connectivity index is 2.87. The standard InChI is InChI=1S/C12H20/c1-4-10(3)12-9-7-6-8-11(12)5-2/h4H,5-9H2,1-3H3/b10-4-. The molecule has 0 aromatic heterocycles. The normalized spacial score (nSPS) is 20.1. The summed E-state index contributed by atoms with van der Waals surface area (Å²) in [6.07, 6.45) is 8.96. The van der Waals surface area contributed by atoms with Gasteiger partial charge in [-0.3, -0.25) is 0 Å². The lowest BCUT2D eigenvalue weighted by Gasteiger charge is -2.19. The molecule has 1 rings (SSSR count). The van der Waals surface area contributed by atoms with Gasteiger partial charge in [0.1, 0.15) is 0 Å². The van der Waals surface area contributed by atoms with Crippen LogP contribution in [0.3, 0.4) is 0 Å². The molecule has 0 saturated carbocycles. The van der Waals surface area contributed by atoms with E-state index in [0.717, 1.165) is 0 Å². The van der Waals surface area contributed by atoms with Gasteiger partial charge >= 0.3 is 0 Å². The van der Waals surface area contributed by atoms with Crippen molar-refractivity contribution in [1.29, 1.82) is 0 Å². The SMILES string of the molecule is C/C=C(/C)C1=C(CC)CCCC1. The Morgan fingerprint density at radius 1 is 1.33 bits per heavy atom. The summed E-state index contributed by atoms with van der Waals surface area (Å²) in [5.41, 5.74) is 4.87. The van der Waals surface area contributed by atoms with Gasteiger partial charge in [0.15, 0.2) is 0 Å². The topological polar surface area (TPSA) is 0 Å². The van der Waals surface area contributed by atoms with Gasteiger partial charge in [0.25, 0.3) is 0 Å². The highest BCUT2D eigenvalue weighted by atomic mass is 14.2. The van der Waals surface area contributed by atoms with Crippen LogP contribution in [0.15, 0.2) is 22.8 Å². The van der Waals surface area contributed by atoms with E-state index in [9.17, 15) is 0 Å². The van der Waals surface area contributed by atoms with Gasteiger partial charge < -0.3 is 0 Å². The van der Waals surface area contributed by atoms with Crippen LogP contribution in [0.25, 0.3) is 0 Å². The van der Waals surface area contributed by atoms with Gasteiger partial charge in [-0.25, -0.2) is 0 Å². The van der Waals surface area contributed by atoms with Crippen molar-refractivity contribution in [2.75, 3.05) is 0 Å². The third-order valence-electron chi connectivity index (χ3n) is 2.92. The number of allylic oxidation sites excluding steroid dienone is 4. The zero-order valence-electron chi connectivity index (χ0n) is 8.61.